The lowest BCUT2D eigenvalue weighted by molar-refractivity contribution is -0.137. The number of amides is 2. The van der Waals surface area contributed by atoms with Gasteiger partial charge < -0.3 is 16.0 Å². The minimum Gasteiger partial charge on any atom is -0.353 e. The van der Waals surface area contributed by atoms with Crippen LogP contribution in [0, 0.1) is 0 Å². The number of nitrogens with one attached hydrogen (secondary N) is 3. The lowest BCUT2D eigenvalue weighted by atomic mass is 10.1. The van der Waals surface area contributed by atoms with Crippen molar-refractivity contribution in [1.29, 1.82) is 0 Å². The van der Waals surface area contributed by atoms with E-state index in [2.05, 4.69) is 16.0 Å². The molecular formula is C15H20F3N3O2. The molecule has 8 heteroatoms. The third-order valence-electron chi connectivity index (χ3n) is 3.04. The van der Waals surface area contributed by atoms with Gasteiger partial charge in [0.2, 0.25) is 5.91 Å². The van der Waals surface area contributed by atoms with E-state index in [-0.39, 0.29) is 24.1 Å². The zero-order valence-electron chi connectivity index (χ0n) is 13.0. The molecule has 0 heterocycles. The Morgan fingerprint density at radius 2 is 1.74 bits per heavy atom. The molecule has 0 aliphatic rings. The van der Waals surface area contributed by atoms with E-state index in [9.17, 15) is 22.8 Å². The van der Waals surface area contributed by atoms with E-state index in [4.69, 9.17) is 0 Å². The van der Waals surface area contributed by atoms with Crippen LogP contribution in [-0.4, -0.2) is 37.5 Å². The van der Waals surface area contributed by atoms with Crippen molar-refractivity contribution < 1.29 is 22.8 Å². The minimum atomic E-state index is -4.45. The predicted octanol–water partition coefficient (Wildman–Crippen LogP) is 1.55. The Kier molecular flexibility index (Phi) is 7.02. The highest BCUT2D eigenvalue weighted by Crippen LogP contribution is 2.28. The van der Waals surface area contributed by atoms with Crippen LogP contribution in [0.15, 0.2) is 24.3 Å². The van der Waals surface area contributed by atoms with Gasteiger partial charge in [0.15, 0.2) is 0 Å². The number of carbonyl (C=O) groups is 2. The van der Waals surface area contributed by atoms with Crippen LogP contribution in [0.1, 0.15) is 29.8 Å². The summed E-state index contributed by atoms with van der Waals surface area (Å²) in [6, 6.07) is 3.90. The number of carbonyl (C=O) groups excluding carboxylic acids is 2. The normalized spacial score (nSPS) is 12.6. The van der Waals surface area contributed by atoms with Crippen LogP contribution in [-0.2, 0) is 11.0 Å². The van der Waals surface area contributed by atoms with Crippen molar-refractivity contribution in [3.05, 3.63) is 35.4 Å². The maximum absolute atomic E-state index is 12.4. The molecule has 0 radical (unpaired) electrons. The van der Waals surface area contributed by atoms with E-state index in [0.29, 0.717) is 6.54 Å². The Morgan fingerprint density at radius 3 is 2.26 bits per heavy atom. The SMILES string of the molecule is CCN[C@H](C)CNC(=O)CNC(=O)c1ccc(C(F)(F)F)cc1. The molecule has 3 N–H and O–H groups in total. The first-order valence-corrected chi connectivity index (χ1v) is 7.19. The van der Waals surface area contributed by atoms with Crippen LogP contribution in [0.2, 0.25) is 0 Å². The van der Waals surface area contributed by atoms with E-state index in [1.807, 2.05) is 13.8 Å². The smallest absolute Gasteiger partial charge is 0.353 e. The van der Waals surface area contributed by atoms with Crippen LogP contribution >= 0.6 is 0 Å². The summed E-state index contributed by atoms with van der Waals surface area (Å²) in [5, 5.41) is 8.11. The highest BCUT2D eigenvalue weighted by atomic mass is 19.4. The topological polar surface area (TPSA) is 70.2 Å². The van der Waals surface area contributed by atoms with E-state index >= 15 is 0 Å². The summed E-state index contributed by atoms with van der Waals surface area (Å²) in [7, 11) is 0. The van der Waals surface area contributed by atoms with Crippen molar-refractivity contribution in [2.75, 3.05) is 19.6 Å². The van der Waals surface area contributed by atoms with Gasteiger partial charge in [0.25, 0.3) is 5.91 Å². The fourth-order valence-electron chi connectivity index (χ4n) is 1.82. The molecule has 0 spiro atoms. The Bertz CT molecular complexity index is 530. The summed E-state index contributed by atoms with van der Waals surface area (Å²) >= 11 is 0. The van der Waals surface area contributed by atoms with Crippen molar-refractivity contribution in [2.24, 2.45) is 0 Å². The van der Waals surface area contributed by atoms with Gasteiger partial charge in [-0.1, -0.05) is 6.92 Å². The molecule has 0 unspecified atom stereocenters. The van der Waals surface area contributed by atoms with Crippen molar-refractivity contribution in [1.82, 2.24) is 16.0 Å². The second-order valence-electron chi connectivity index (χ2n) is 5.02. The zero-order valence-corrected chi connectivity index (χ0v) is 13.0. The van der Waals surface area contributed by atoms with Gasteiger partial charge in [-0.25, -0.2) is 0 Å². The third-order valence-corrected chi connectivity index (χ3v) is 3.04. The number of benzene rings is 1. The molecule has 128 valence electrons. The fraction of sp³-hybridized carbons (Fsp3) is 0.467. The number of rotatable bonds is 7. The summed E-state index contributed by atoms with van der Waals surface area (Å²) in [4.78, 5) is 23.3. The summed E-state index contributed by atoms with van der Waals surface area (Å²) in [5.74, 6) is -0.969. The molecule has 2 amide bonds. The van der Waals surface area contributed by atoms with Crippen molar-refractivity contribution in [3.8, 4) is 0 Å². The lowest BCUT2D eigenvalue weighted by Gasteiger charge is -2.13. The van der Waals surface area contributed by atoms with Gasteiger partial charge in [0, 0.05) is 18.2 Å². The molecule has 0 fully saturated rings. The molecule has 0 aliphatic heterocycles. The van der Waals surface area contributed by atoms with Crippen LogP contribution in [0.3, 0.4) is 0 Å². The van der Waals surface area contributed by atoms with Gasteiger partial charge in [-0.2, -0.15) is 13.2 Å². The molecule has 0 bridgehead atoms. The van der Waals surface area contributed by atoms with Crippen LogP contribution in [0.5, 0.6) is 0 Å². The van der Waals surface area contributed by atoms with Crippen LogP contribution in [0.4, 0.5) is 13.2 Å². The van der Waals surface area contributed by atoms with Gasteiger partial charge in [0.05, 0.1) is 12.1 Å². The highest BCUT2D eigenvalue weighted by molar-refractivity contribution is 5.96. The molecule has 1 aromatic carbocycles. The van der Waals surface area contributed by atoms with Crippen molar-refractivity contribution in [2.45, 2.75) is 26.1 Å². The average molecular weight is 331 g/mol. The maximum Gasteiger partial charge on any atom is 0.416 e. The number of likely N-dealkylation sites (N-methyl/N-ethyl adjacent to an activating group) is 1. The number of halogens is 3. The van der Waals surface area contributed by atoms with E-state index < -0.39 is 17.6 Å². The molecule has 0 saturated carbocycles. The number of alkyl halides is 3. The Balaban J connectivity index is 2.43. The van der Waals surface area contributed by atoms with Crippen LogP contribution < -0.4 is 16.0 Å². The van der Waals surface area contributed by atoms with Gasteiger partial charge in [-0.05, 0) is 37.7 Å². The third kappa shape index (κ3) is 6.68. The molecule has 0 saturated heterocycles. The fourth-order valence-corrected chi connectivity index (χ4v) is 1.82. The van der Waals surface area contributed by atoms with E-state index in [1.165, 1.54) is 0 Å². The minimum absolute atomic E-state index is 0.0619. The summed E-state index contributed by atoms with van der Waals surface area (Å²) < 4.78 is 37.3. The molecule has 0 aromatic heterocycles. The lowest BCUT2D eigenvalue weighted by Crippen LogP contribution is -2.43. The summed E-state index contributed by atoms with van der Waals surface area (Å²) in [6.45, 7) is 4.82. The first-order valence-electron chi connectivity index (χ1n) is 7.19. The van der Waals surface area contributed by atoms with Crippen molar-refractivity contribution >= 4 is 11.8 Å². The largest absolute Gasteiger partial charge is 0.416 e. The number of hydrogen-bond donors (Lipinski definition) is 3. The molecule has 1 atom stereocenters. The van der Waals surface area contributed by atoms with Gasteiger partial charge in [-0.3, -0.25) is 9.59 Å². The first-order chi connectivity index (χ1) is 10.7. The Labute approximate surface area is 132 Å². The van der Waals surface area contributed by atoms with Gasteiger partial charge in [0.1, 0.15) is 0 Å². The van der Waals surface area contributed by atoms with Crippen molar-refractivity contribution in [3.63, 3.8) is 0 Å². The van der Waals surface area contributed by atoms with E-state index in [0.717, 1.165) is 30.8 Å². The second kappa shape index (κ2) is 8.52. The second-order valence-corrected chi connectivity index (χ2v) is 5.02. The molecule has 0 aliphatic carbocycles. The summed E-state index contributed by atoms with van der Waals surface area (Å²) in [5.41, 5.74) is -0.768. The van der Waals surface area contributed by atoms with Crippen LogP contribution in [0.25, 0.3) is 0 Å². The molecule has 5 nitrogen and oxygen atoms in total. The van der Waals surface area contributed by atoms with E-state index in [1.54, 1.807) is 0 Å². The Hall–Kier alpha value is -2.09. The first kappa shape index (κ1) is 19.0. The average Bonchev–Trinajstić information content (AvgIpc) is 2.50. The Morgan fingerprint density at radius 1 is 1.13 bits per heavy atom. The monoisotopic (exact) mass is 331 g/mol. The molecule has 1 rings (SSSR count). The quantitative estimate of drug-likeness (QED) is 0.710. The summed E-state index contributed by atoms with van der Waals surface area (Å²) in [6.07, 6.45) is -4.45. The molecule has 23 heavy (non-hydrogen) atoms. The predicted molar refractivity (Wildman–Crippen MR) is 79.9 cm³/mol. The molecular weight excluding hydrogens is 311 g/mol. The zero-order chi connectivity index (χ0) is 17.5. The molecule has 1 aromatic rings. The maximum atomic E-state index is 12.4. The van der Waals surface area contributed by atoms with Gasteiger partial charge >= 0.3 is 6.18 Å². The standard InChI is InChI=1S/C15H20F3N3O2/c1-3-19-10(2)8-20-13(22)9-21-14(23)11-4-6-12(7-5-11)15(16,17)18/h4-7,10,19H,3,8-9H2,1-2H3,(H,20,22)(H,21,23)/t10-/m1/s1. The highest BCUT2D eigenvalue weighted by Gasteiger charge is 2.30. The number of hydrogen-bond acceptors (Lipinski definition) is 3. The van der Waals surface area contributed by atoms with Gasteiger partial charge in [-0.15, -0.1) is 0 Å².